The molecule has 4 N–H and O–H groups in total. The number of fused-ring (bicyclic) bond motifs is 7. The molecule has 0 aliphatic heterocycles. The summed E-state index contributed by atoms with van der Waals surface area (Å²) < 4.78 is 0. The van der Waals surface area contributed by atoms with Crippen LogP contribution in [-0.2, 0) is 4.79 Å². The molecule has 4 fully saturated rings. The molecule has 11 atom stereocenters. The van der Waals surface area contributed by atoms with E-state index < -0.39 is 29.0 Å². The van der Waals surface area contributed by atoms with Crippen molar-refractivity contribution < 1.29 is 25.2 Å². The van der Waals surface area contributed by atoms with Crippen LogP contribution in [0.1, 0.15) is 92.4 Å². The highest BCUT2D eigenvalue weighted by Crippen LogP contribution is 2.75. The maximum atomic E-state index is 12.7. The maximum absolute atomic E-state index is 12.7. The van der Waals surface area contributed by atoms with Crippen LogP contribution in [0.2, 0.25) is 0 Å². The van der Waals surface area contributed by atoms with Gasteiger partial charge in [-0.1, -0.05) is 46.3 Å². The first-order valence-corrected chi connectivity index (χ1v) is 13.7. The second-order valence-electron chi connectivity index (χ2n) is 14.1. The Morgan fingerprint density at radius 3 is 2.38 bits per heavy atom. The Labute approximate surface area is 205 Å². The normalized spacial score (nSPS) is 56.9. The highest BCUT2D eigenvalue weighted by atomic mass is 16.4. The third-order valence-electron chi connectivity index (χ3n) is 12.9. The summed E-state index contributed by atoms with van der Waals surface area (Å²) in [7, 11) is 0. The molecule has 0 heterocycles. The fraction of sp³-hybridized carbons (Fsp3) is 0.897. The number of aliphatic hydroxyl groups is 3. The van der Waals surface area contributed by atoms with Crippen molar-refractivity contribution in [3.8, 4) is 0 Å². The highest BCUT2D eigenvalue weighted by molar-refractivity contribution is 5.76. The Bertz CT molecular complexity index is 899. The van der Waals surface area contributed by atoms with Crippen LogP contribution >= 0.6 is 0 Å². The summed E-state index contributed by atoms with van der Waals surface area (Å²) in [5.41, 5.74) is -0.136. The van der Waals surface area contributed by atoms with Crippen LogP contribution in [0.5, 0.6) is 0 Å². The second kappa shape index (κ2) is 7.55. The van der Waals surface area contributed by atoms with Crippen molar-refractivity contribution in [1.29, 1.82) is 0 Å². The zero-order valence-electron chi connectivity index (χ0n) is 21.8. The molecule has 3 unspecified atom stereocenters. The molecule has 4 saturated carbocycles. The number of carbonyl (C=O) groups is 1. The van der Waals surface area contributed by atoms with E-state index in [1.54, 1.807) is 0 Å². The standard InChI is InChI=1S/C29H46O5/c1-17-8-11-29(24(33)34)13-12-27(4)18(19(29)14-17)6-7-22-25(2)15-20(31)23(32)26(3,16-30)21(25)9-10-28(22,27)5/h6,17,19-23,30-32H,7-16H2,1-5H3,(H,33,34)/t17-,19?,20-,21?,22?,23+,25+,26+,27-,28-,29+/m1/s1. The predicted molar refractivity (Wildman–Crippen MR) is 131 cm³/mol. The molecule has 192 valence electrons. The van der Waals surface area contributed by atoms with Gasteiger partial charge in [-0.15, -0.1) is 0 Å². The van der Waals surface area contributed by atoms with Gasteiger partial charge in [0.05, 0.1) is 24.2 Å². The summed E-state index contributed by atoms with van der Waals surface area (Å²) in [6.07, 6.45) is 8.54. The summed E-state index contributed by atoms with van der Waals surface area (Å²) in [6, 6.07) is 0. The van der Waals surface area contributed by atoms with Gasteiger partial charge >= 0.3 is 5.97 Å². The molecule has 5 heteroatoms. The molecule has 5 nitrogen and oxygen atoms in total. The molecule has 0 aromatic heterocycles. The van der Waals surface area contributed by atoms with Gasteiger partial charge in [0.1, 0.15) is 0 Å². The van der Waals surface area contributed by atoms with Crippen molar-refractivity contribution in [3.05, 3.63) is 11.6 Å². The Kier molecular flexibility index (Phi) is 5.50. The van der Waals surface area contributed by atoms with E-state index in [1.165, 1.54) is 5.57 Å². The fourth-order valence-electron chi connectivity index (χ4n) is 10.6. The van der Waals surface area contributed by atoms with E-state index in [-0.39, 0.29) is 34.7 Å². The topological polar surface area (TPSA) is 98.0 Å². The van der Waals surface area contributed by atoms with E-state index >= 15 is 0 Å². The predicted octanol–water partition coefficient (Wildman–Crippen LogP) is 4.79. The van der Waals surface area contributed by atoms with Gasteiger partial charge < -0.3 is 20.4 Å². The lowest BCUT2D eigenvalue weighted by molar-refractivity contribution is -0.243. The van der Waals surface area contributed by atoms with Crippen LogP contribution in [0.25, 0.3) is 0 Å². The number of aliphatic hydroxyl groups excluding tert-OH is 3. The molecule has 0 amide bonds. The molecule has 0 aromatic carbocycles. The molecule has 34 heavy (non-hydrogen) atoms. The molecule has 0 spiro atoms. The Morgan fingerprint density at radius 2 is 1.74 bits per heavy atom. The van der Waals surface area contributed by atoms with E-state index in [0.717, 1.165) is 51.4 Å². The summed E-state index contributed by atoms with van der Waals surface area (Å²) in [5, 5.41) is 42.7. The number of hydrogen-bond donors (Lipinski definition) is 4. The van der Waals surface area contributed by atoms with Gasteiger partial charge in [0.15, 0.2) is 0 Å². The zero-order valence-corrected chi connectivity index (χ0v) is 21.8. The SMILES string of the molecule is C[C@@H]1CC[C@]2(C(=O)O)CC[C@]3(C)C(=CCC4[C@@]5(C)C[C@@H](O)[C@H](O)[C@@](C)(CO)C5CC[C@]43C)C2C1. The largest absolute Gasteiger partial charge is 0.481 e. The number of carboxylic acid groups (broad SMARTS) is 1. The Balaban J connectivity index is 1.60. The number of carboxylic acids is 1. The quantitative estimate of drug-likeness (QED) is 0.432. The van der Waals surface area contributed by atoms with Gasteiger partial charge in [0.2, 0.25) is 0 Å². The minimum Gasteiger partial charge on any atom is -0.481 e. The first-order valence-electron chi connectivity index (χ1n) is 13.7. The summed E-state index contributed by atoms with van der Waals surface area (Å²) in [4.78, 5) is 12.7. The molecule has 0 saturated heterocycles. The van der Waals surface area contributed by atoms with Crippen molar-refractivity contribution >= 4 is 5.97 Å². The minimum absolute atomic E-state index is 0.00601. The molecule has 5 aliphatic carbocycles. The number of hydrogen-bond acceptors (Lipinski definition) is 4. The van der Waals surface area contributed by atoms with Crippen LogP contribution in [0, 0.1) is 50.7 Å². The van der Waals surface area contributed by atoms with Crippen LogP contribution in [0.15, 0.2) is 11.6 Å². The fourth-order valence-corrected chi connectivity index (χ4v) is 10.6. The maximum Gasteiger partial charge on any atom is 0.310 e. The first-order chi connectivity index (χ1) is 15.8. The number of allylic oxidation sites excluding steroid dienone is 2. The van der Waals surface area contributed by atoms with Crippen LogP contribution in [0.4, 0.5) is 0 Å². The molecule has 0 bridgehead atoms. The second-order valence-corrected chi connectivity index (χ2v) is 14.1. The van der Waals surface area contributed by atoms with E-state index in [0.29, 0.717) is 18.3 Å². The van der Waals surface area contributed by atoms with Gasteiger partial charge in [-0.05, 0) is 97.7 Å². The number of rotatable bonds is 2. The van der Waals surface area contributed by atoms with E-state index in [4.69, 9.17) is 0 Å². The Hall–Kier alpha value is -0.910. The summed E-state index contributed by atoms with van der Waals surface area (Å²) in [6.45, 7) is 11.3. The molecule has 0 radical (unpaired) electrons. The summed E-state index contributed by atoms with van der Waals surface area (Å²) in [5.74, 6) is 0.561. The van der Waals surface area contributed by atoms with E-state index in [2.05, 4.69) is 33.8 Å². The third-order valence-corrected chi connectivity index (χ3v) is 12.9. The average molecular weight is 475 g/mol. The zero-order chi connectivity index (χ0) is 24.9. The molecule has 0 aromatic rings. The monoisotopic (exact) mass is 474 g/mol. The van der Waals surface area contributed by atoms with Gasteiger partial charge in [-0.25, -0.2) is 0 Å². The lowest BCUT2D eigenvalue weighted by Gasteiger charge is -2.71. The lowest BCUT2D eigenvalue weighted by Crippen LogP contribution is -2.68. The van der Waals surface area contributed by atoms with E-state index in [9.17, 15) is 25.2 Å². The third kappa shape index (κ3) is 2.81. The van der Waals surface area contributed by atoms with Gasteiger partial charge in [-0.2, -0.15) is 0 Å². The van der Waals surface area contributed by atoms with E-state index in [1.807, 2.05) is 6.92 Å². The Morgan fingerprint density at radius 1 is 1.03 bits per heavy atom. The summed E-state index contributed by atoms with van der Waals surface area (Å²) >= 11 is 0. The van der Waals surface area contributed by atoms with Crippen molar-refractivity contribution in [1.82, 2.24) is 0 Å². The van der Waals surface area contributed by atoms with Crippen LogP contribution in [0.3, 0.4) is 0 Å². The average Bonchev–Trinajstić information content (AvgIpc) is 2.77. The highest BCUT2D eigenvalue weighted by Gasteiger charge is 2.70. The smallest absolute Gasteiger partial charge is 0.310 e. The first kappa shape index (κ1) is 24.8. The molecular weight excluding hydrogens is 428 g/mol. The van der Waals surface area contributed by atoms with Crippen molar-refractivity contribution in [3.63, 3.8) is 0 Å². The number of aliphatic carboxylic acids is 1. The van der Waals surface area contributed by atoms with Gasteiger partial charge in [-0.3, -0.25) is 4.79 Å². The lowest BCUT2D eigenvalue weighted by atomic mass is 9.33. The minimum atomic E-state index is -0.903. The van der Waals surface area contributed by atoms with Crippen LogP contribution < -0.4 is 0 Å². The molecular formula is C29H46O5. The van der Waals surface area contributed by atoms with Gasteiger partial charge in [0, 0.05) is 5.41 Å². The van der Waals surface area contributed by atoms with Crippen LogP contribution in [-0.4, -0.2) is 45.2 Å². The molecule has 5 rings (SSSR count). The molecule has 5 aliphatic rings. The van der Waals surface area contributed by atoms with Gasteiger partial charge in [0.25, 0.3) is 0 Å². The van der Waals surface area contributed by atoms with Crippen molar-refractivity contribution in [2.45, 2.75) is 105 Å². The van der Waals surface area contributed by atoms with Crippen molar-refractivity contribution in [2.24, 2.45) is 50.7 Å². The van der Waals surface area contributed by atoms with Crippen molar-refractivity contribution in [2.75, 3.05) is 6.61 Å².